The molecule has 3 unspecified atom stereocenters. The van der Waals surface area contributed by atoms with Crippen molar-refractivity contribution in [2.24, 2.45) is 17.8 Å². The average Bonchev–Trinajstić information content (AvgIpc) is 2.99. The maximum Gasteiger partial charge on any atom is 0.153 e. The molecule has 2 aliphatic carbocycles. The smallest absolute Gasteiger partial charge is 0.153 e. The van der Waals surface area contributed by atoms with Crippen molar-refractivity contribution in [2.45, 2.75) is 25.7 Å². The lowest BCUT2D eigenvalue weighted by atomic mass is 9.89. The van der Waals surface area contributed by atoms with E-state index in [1.165, 1.54) is 25.7 Å². The number of halogens is 1. The highest BCUT2D eigenvalue weighted by Gasteiger charge is 2.39. The fraction of sp³-hybridized carbons (Fsp3) is 0.533. The number of fused-ring (bicyclic) bond motifs is 2. The van der Waals surface area contributed by atoms with Crippen LogP contribution < -0.4 is 4.74 Å². The summed E-state index contributed by atoms with van der Waals surface area (Å²) in [5.74, 6) is 3.12. The normalized spacial score (nSPS) is 29.5. The summed E-state index contributed by atoms with van der Waals surface area (Å²) in [6.07, 6.45) is 6.26. The summed E-state index contributed by atoms with van der Waals surface area (Å²) in [5.41, 5.74) is 0.547. The fourth-order valence-electron chi connectivity index (χ4n) is 3.52. The Morgan fingerprint density at radius 2 is 2.22 bits per heavy atom. The monoisotopic (exact) mass is 264 g/mol. The molecule has 2 nitrogen and oxygen atoms in total. The zero-order valence-electron chi connectivity index (χ0n) is 10.3. The number of carbonyl (C=O) groups excluding carboxylic acids is 1. The number of hydrogen-bond donors (Lipinski definition) is 0. The van der Waals surface area contributed by atoms with E-state index in [4.69, 9.17) is 16.3 Å². The summed E-state index contributed by atoms with van der Waals surface area (Å²) in [6, 6.07) is 5.22. The minimum atomic E-state index is 0.547. The lowest BCUT2D eigenvalue weighted by molar-refractivity contribution is 0.111. The molecule has 0 aromatic heterocycles. The van der Waals surface area contributed by atoms with Gasteiger partial charge in [-0.1, -0.05) is 18.0 Å². The molecule has 0 aliphatic heterocycles. The largest absolute Gasteiger partial charge is 0.493 e. The number of ether oxygens (including phenoxy) is 1. The van der Waals surface area contributed by atoms with Crippen molar-refractivity contribution in [1.29, 1.82) is 0 Å². The van der Waals surface area contributed by atoms with E-state index in [9.17, 15) is 4.79 Å². The van der Waals surface area contributed by atoms with E-state index in [-0.39, 0.29) is 0 Å². The highest BCUT2D eigenvalue weighted by molar-refractivity contribution is 6.30. The van der Waals surface area contributed by atoms with E-state index in [2.05, 4.69) is 0 Å². The first-order chi connectivity index (χ1) is 8.76. The van der Waals surface area contributed by atoms with Crippen LogP contribution >= 0.6 is 11.6 Å². The molecule has 3 heteroatoms. The van der Waals surface area contributed by atoms with Gasteiger partial charge in [-0.3, -0.25) is 4.79 Å². The maximum absolute atomic E-state index is 11.0. The number of aldehydes is 1. The van der Waals surface area contributed by atoms with Crippen LogP contribution in [0.15, 0.2) is 18.2 Å². The minimum absolute atomic E-state index is 0.547. The number of carbonyl (C=O) groups is 1. The van der Waals surface area contributed by atoms with Crippen LogP contribution in [0.2, 0.25) is 5.02 Å². The van der Waals surface area contributed by atoms with Crippen molar-refractivity contribution < 1.29 is 9.53 Å². The zero-order chi connectivity index (χ0) is 12.5. The molecule has 0 N–H and O–H groups in total. The quantitative estimate of drug-likeness (QED) is 0.770. The van der Waals surface area contributed by atoms with Gasteiger partial charge in [0.1, 0.15) is 5.75 Å². The van der Waals surface area contributed by atoms with Crippen molar-refractivity contribution in [3.8, 4) is 5.75 Å². The van der Waals surface area contributed by atoms with E-state index in [0.29, 0.717) is 22.3 Å². The predicted molar refractivity (Wildman–Crippen MR) is 71.3 cm³/mol. The Hall–Kier alpha value is -1.02. The first kappa shape index (κ1) is 12.0. The molecule has 0 heterocycles. The molecule has 2 bridgehead atoms. The van der Waals surface area contributed by atoms with Crippen molar-refractivity contribution in [3.05, 3.63) is 28.8 Å². The lowest BCUT2D eigenvalue weighted by Crippen LogP contribution is -2.18. The molecule has 3 atom stereocenters. The second-order valence-electron chi connectivity index (χ2n) is 5.55. The van der Waals surface area contributed by atoms with Crippen molar-refractivity contribution in [3.63, 3.8) is 0 Å². The molecule has 2 saturated carbocycles. The van der Waals surface area contributed by atoms with Gasteiger partial charge in [0, 0.05) is 5.02 Å². The van der Waals surface area contributed by atoms with E-state index < -0.39 is 0 Å². The standard InChI is InChI=1S/C15H17ClO2/c16-14-3-4-15(12(7-14)8-17)18-9-13-6-10-1-2-11(13)5-10/h3-4,7-8,10-11,13H,1-2,5-6,9H2. The van der Waals surface area contributed by atoms with Gasteiger partial charge in [0.2, 0.25) is 0 Å². The molecule has 96 valence electrons. The van der Waals surface area contributed by atoms with Gasteiger partial charge >= 0.3 is 0 Å². The Bertz CT molecular complexity index is 458. The number of hydrogen-bond acceptors (Lipinski definition) is 2. The summed E-state index contributed by atoms with van der Waals surface area (Å²) in [4.78, 5) is 11.0. The highest BCUT2D eigenvalue weighted by atomic mass is 35.5. The summed E-state index contributed by atoms with van der Waals surface area (Å²) in [5, 5.41) is 0.573. The Morgan fingerprint density at radius 3 is 2.89 bits per heavy atom. The summed E-state index contributed by atoms with van der Waals surface area (Å²) in [6.45, 7) is 0.740. The van der Waals surface area contributed by atoms with Crippen LogP contribution in [0.25, 0.3) is 0 Å². The van der Waals surface area contributed by atoms with E-state index in [0.717, 1.165) is 24.7 Å². The molecular weight excluding hydrogens is 248 g/mol. The van der Waals surface area contributed by atoms with Crippen LogP contribution in [0.3, 0.4) is 0 Å². The SMILES string of the molecule is O=Cc1cc(Cl)ccc1OCC1CC2CCC1C2. The van der Waals surface area contributed by atoms with Gasteiger partial charge in [0.25, 0.3) is 0 Å². The number of rotatable bonds is 4. The Labute approximate surface area is 112 Å². The molecule has 0 amide bonds. The van der Waals surface area contributed by atoms with Gasteiger partial charge < -0.3 is 4.74 Å². The van der Waals surface area contributed by atoms with E-state index >= 15 is 0 Å². The van der Waals surface area contributed by atoms with Crippen molar-refractivity contribution in [2.75, 3.05) is 6.61 Å². The molecule has 1 aromatic rings. The Morgan fingerprint density at radius 1 is 1.33 bits per heavy atom. The van der Waals surface area contributed by atoms with Gasteiger partial charge in [0.05, 0.1) is 12.2 Å². The zero-order valence-corrected chi connectivity index (χ0v) is 11.0. The highest BCUT2D eigenvalue weighted by Crippen LogP contribution is 2.48. The van der Waals surface area contributed by atoms with Crippen LogP contribution in [0.5, 0.6) is 5.75 Å². The summed E-state index contributed by atoms with van der Waals surface area (Å²) in [7, 11) is 0. The van der Waals surface area contributed by atoms with Crippen LogP contribution in [0.1, 0.15) is 36.0 Å². The van der Waals surface area contributed by atoms with Crippen LogP contribution in [-0.2, 0) is 0 Å². The fourth-order valence-corrected chi connectivity index (χ4v) is 3.70. The van der Waals surface area contributed by atoms with E-state index in [1.807, 2.05) is 0 Å². The third kappa shape index (κ3) is 2.26. The van der Waals surface area contributed by atoms with Crippen molar-refractivity contribution >= 4 is 17.9 Å². The van der Waals surface area contributed by atoms with Gasteiger partial charge in [-0.2, -0.15) is 0 Å². The Balaban J connectivity index is 1.65. The average molecular weight is 265 g/mol. The first-order valence-electron chi connectivity index (χ1n) is 6.64. The van der Waals surface area contributed by atoms with Gasteiger partial charge in [-0.05, 0) is 55.2 Å². The molecule has 0 saturated heterocycles. The Kier molecular flexibility index (Phi) is 3.29. The lowest BCUT2D eigenvalue weighted by Gasteiger charge is -2.22. The third-order valence-corrected chi connectivity index (χ3v) is 4.67. The van der Waals surface area contributed by atoms with Crippen molar-refractivity contribution in [1.82, 2.24) is 0 Å². The van der Waals surface area contributed by atoms with Crippen LogP contribution in [-0.4, -0.2) is 12.9 Å². The molecule has 1 aromatic carbocycles. The molecule has 3 rings (SSSR count). The molecule has 0 spiro atoms. The first-order valence-corrected chi connectivity index (χ1v) is 7.01. The summed E-state index contributed by atoms with van der Waals surface area (Å²) >= 11 is 5.86. The van der Waals surface area contributed by atoms with E-state index in [1.54, 1.807) is 18.2 Å². The minimum Gasteiger partial charge on any atom is -0.493 e. The van der Waals surface area contributed by atoms with Gasteiger partial charge in [-0.25, -0.2) is 0 Å². The number of benzene rings is 1. The third-order valence-electron chi connectivity index (χ3n) is 4.44. The second kappa shape index (κ2) is 4.93. The molecular formula is C15H17ClO2. The molecule has 2 aliphatic rings. The molecule has 2 fully saturated rings. The second-order valence-corrected chi connectivity index (χ2v) is 5.98. The molecule has 0 radical (unpaired) electrons. The van der Waals surface area contributed by atoms with Gasteiger partial charge in [-0.15, -0.1) is 0 Å². The maximum atomic E-state index is 11.0. The van der Waals surface area contributed by atoms with Crippen LogP contribution in [0.4, 0.5) is 0 Å². The predicted octanol–water partition coefficient (Wildman–Crippen LogP) is 3.97. The van der Waals surface area contributed by atoms with Gasteiger partial charge in [0.15, 0.2) is 6.29 Å². The summed E-state index contributed by atoms with van der Waals surface area (Å²) < 4.78 is 5.83. The topological polar surface area (TPSA) is 26.3 Å². The molecule has 18 heavy (non-hydrogen) atoms. The van der Waals surface area contributed by atoms with Crippen LogP contribution in [0, 0.1) is 17.8 Å².